The van der Waals surface area contributed by atoms with Crippen molar-refractivity contribution in [2.45, 2.75) is 40.2 Å². The van der Waals surface area contributed by atoms with E-state index in [-0.39, 0.29) is 12.5 Å². The molecule has 0 aliphatic rings. The minimum Gasteiger partial charge on any atom is -0.492 e. The van der Waals surface area contributed by atoms with E-state index in [1.54, 1.807) is 13.0 Å². The molecular weight excluding hydrogens is 388 g/mol. The van der Waals surface area contributed by atoms with Gasteiger partial charge in [-0.25, -0.2) is 8.42 Å². The molecular formula is C22H30N2O4S. The summed E-state index contributed by atoms with van der Waals surface area (Å²) in [5.74, 6) is 0.360. The molecule has 29 heavy (non-hydrogen) atoms. The molecule has 0 bridgehead atoms. The van der Waals surface area contributed by atoms with Gasteiger partial charge in [0.2, 0.25) is 15.9 Å². The van der Waals surface area contributed by atoms with E-state index in [0.29, 0.717) is 12.3 Å². The monoisotopic (exact) mass is 418 g/mol. The number of hydrogen-bond acceptors (Lipinski definition) is 4. The second kappa shape index (κ2) is 9.78. The van der Waals surface area contributed by atoms with Crippen molar-refractivity contribution in [3.63, 3.8) is 0 Å². The summed E-state index contributed by atoms with van der Waals surface area (Å²) in [7, 11) is -3.64. The Balaban J connectivity index is 2.01. The van der Waals surface area contributed by atoms with E-state index in [0.717, 1.165) is 29.6 Å². The van der Waals surface area contributed by atoms with E-state index < -0.39 is 16.1 Å². The van der Waals surface area contributed by atoms with Crippen LogP contribution in [0.15, 0.2) is 42.5 Å². The molecule has 0 aliphatic heterocycles. The average Bonchev–Trinajstić information content (AvgIpc) is 2.67. The number of carbonyl (C=O) groups excluding carboxylic acids is 1. The lowest BCUT2D eigenvalue weighted by molar-refractivity contribution is -0.121. The number of rotatable bonds is 9. The summed E-state index contributed by atoms with van der Waals surface area (Å²) in [5, 5.41) is 2.76. The van der Waals surface area contributed by atoms with Crippen LogP contribution in [0.25, 0.3) is 0 Å². The number of sulfonamides is 1. The fourth-order valence-electron chi connectivity index (χ4n) is 3.05. The number of carbonyl (C=O) groups is 1. The molecule has 6 nitrogen and oxygen atoms in total. The maximum atomic E-state index is 12.6. The fraction of sp³-hybridized carbons (Fsp3) is 0.409. The van der Waals surface area contributed by atoms with Crippen molar-refractivity contribution in [3.05, 3.63) is 59.2 Å². The van der Waals surface area contributed by atoms with Crippen molar-refractivity contribution in [2.24, 2.45) is 0 Å². The Bertz CT molecular complexity index is 940. The highest BCUT2D eigenvalue weighted by Crippen LogP contribution is 2.26. The normalized spacial score (nSPS) is 12.3. The van der Waals surface area contributed by atoms with Crippen LogP contribution in [0.1, 0.15) is 30.5 Å². The van der Waals surface area contributed by atoms with Crippen LogP contribution in [-0.2, 0) is 21.2 Å². The van der Waals surface area contributed by atoms with E-state index in [4.69, 9.17) is 4.74 Å². The minimum absolute atomic E-state index is 0.281. The van der Waals surface area contributed by atoms with Crippen LogP contribution in [0.2, 0.25) is 0 Å². The van der Waals surface area contributed by atoms with Crippen molar-refractivity contribution in [1.82, 2.24) is 5.32 Å². The minimum atomic E-state index is -3.64. The highest BCUT2D eigenvalue weighted by Gasteiger charge is 2.30. The molecule has 0 saturated heterocycles. The van der Waals surface area contributed by atoms with Gasteiger partial charge >= 0.3 is 0 Å². The first-order chi connectivity index (χ1) is 13.6. The van der Waals surface area contributed by atoms with Crippen molar-refractivity contribution >= 4 is 21.6 Å². The van der Waals surface area contributed by atoms with Crippen molar-refractivity contribution < 1.29 is 17.9 Å². The van der Waals surface area contributed by atoms with Crippen molar-refractivity contribution in [1.29, 1.82) is 0 Å². The van der Waals surface area contributed by atoms with Gasteiger partial charge in [-0.15, -0.1) is 0 Å². The van der Waals surface area contributed by atoms with E-state index in [2.05, 4.69) is 12.2 Å². The number of nitrogens with one attached hydrogen (secondary N) is 1. The lowest BCUT2D eigenvalue weighted by atomic mass is 10.1. The molecule has 7 heteroatoms. The Kier molecular flexibility index (Phi) is 7.67. The van der Waals surface area contributed by atoms with Crippen LogP contribution in [0.5, 0.6) is 5.75 Å². The summed E-state index contributed by atoms with van der Waals surface area (Å²) in [4.78, 5) is 12.6. The zero-order valence-corrected chi connectivity index (χ0v) is 18.5. The molecule has 0 saturated carbocycles. The number of benzene rings is 2. The molecule has 0 heterocycles. The first-order valence-electron chi connectivity index (χ1n) is 9.69. The molecule has 1 amide bonds. The van der Waals surface area contributed by atoms with E-state index >= 15 is 0 Å². The molecule has 0 aliphatic carbocycles. The maximum Gasteiger partial charge on any atom is 0.243 e. The van der Waals surface area contributed by atoms with Gasteiger partial charge in [-0.1, -0.05) is 31.2 Å². The van der Waals surface area contributed by atoms with Gasteiger partial charge in [-0.2, -0.15) is 0 Å². The van der Waals surface area contributed by atoms with Crippen LogP contribution in [0, 0.1) is 13.8 Å². The summed E-state index contributed by atoms with van der Waals surface area (Å²) in [5.41, 5.74) is 3.46. The van der Waals surface area contributed by atoms with Crippen LogP contribution in [-0.4, -0.2) is 39.8 Å². The SMILES string of the molecule is CCc1ccc(OCCNC(=O)[C@H](C)N(c2cc(C)ccc2C)S(C)(=O)=O)cc1. The second-order valence-electron chi connectivity index (χ2n) is 7.16. The molecule has 0 aromatic heterocycles. The van der Waals surface area contributed by atoms with E-state index in [1.807, 2.05) is 50.2 Å². The molecule has 0 radical (unpaired) electrons. The fourth-order valence-corrected chi connectivity index (χ4v) is 4.27. The lowest BCUT2D eigenvalue weighted by Crippen LogP contribution is -2.48. The van der Waals surface area contributed by atoms with Gasteiger partial charge in [0, 0.05) is 0 Å². The number of anilines is 1. The average molecular weight is 419 g/mol. The molecule has 0 spiro atoms. The van der Waals surface area contributed by atoms with Gasteiger partial charge in [0.25, 0.3) is 0 Å². The highest BCUT2D eigenvalue weighted by molar-refractivity contribution is 7.92. The quantitative estimate of drug-likeness (QED) is 0.635. The lowest BCUT2D eigenvalue weighted by Gasteiger charge is -2.29. The Morgan fingerprint density at radius 3 is 2.38 bits per heavy atom. The third kappa shape index (κ3) is 6.22. The third-order valence-corrected chi connectivity index (χ3v) is 5.92. The summed E-state index contributed by atoms with van der Waals surface area (Å²) in [6, 6.07) is 12.5. The first-order valence-corrected chi connectivity index (χ1v) is 11.5. The standard InChI is InChI=1S/C22H30N2O4S/c1-6-19-9-11-20(12-10-19)28-14-13-23-22(25)18(4)24(29(5,26)27)21-15-16(2)7-8-17(21)3/h7-12,15,18H,6,13-14H2,1-5H3,(H,23,25)/t18-/m0/s1. The Labute approximate surface area is 173 Å². The van der Waals surface area contributed by atoms with Gasteiger partial charge < -0.3 is 10.1 Å². The topological polar surface area (TPSA) is 75.7 Å². The summed E-state index contributed by atoms with van der Waals surface area (Å²) in [6.45, 7) is 7.97. The summed E-state index contributed by atoms with van der Waals surface area (Å²) >= 11 is 0. The van der Waals surface area contributed by atoms with Gasteiger partial charge in [0.05, 0.1) is 18.5 Å². The smallest absolute Gasteiger partial charge is 0.243 e. The van der Waals surface area contributed by atoms with E-state index in [1.165, 1.54) is 9.87 Å². The molecule has 1 N–H and O–H groups in total. The van der Waals surface area contributed by atoms with Crippen LogP contribution < -0.4 is 14.4 Å². The molecule has 0 fully saturated rings. The number of ether oxygens (including phenoxy) is 1. The Morgan fingerprint density at radius 2 is 1.79 bits per heavy atom. The zero-order valence-electron chi connectivity index (χ0n) is 17.7. The van der Waals surface area contributed by atoms with Gasteiger partial charge in [0.1, 0.15) is 18.4 Å². The molecule has 2 aromatic carbocycles. The molecule has 0 unspecified atom stereocenters. The van der Waals surface area contributed by atoms with Gasteiger partial charge in [0.15, 0.2) is 0 Å². The molecule has 1 atom stereocenters. The predicted octanol–water partition coefficient (Wildman–Crippen LogP) is 3.22. The van der Waals surface area contributed by atoms with Crippen LogP contribution >= 0.6 is 0 Å². The van der Waals surface area contributed by atoms with E-state index in [9.17, 15) is 13.2 Å². The maximum absolute atomic E-state index is 12.6. The predicted molar refractivity (Wildman–Crippen MR) is 117 cm³/mol. The summed E-state index contributed by atoms with van der Waals surface area (Å²) in [6.07, 6.45) is 2.08. The Hall–Kier alpha value is -2.54. The number of nitrogens with zero attached hydrogens (tertiary/aromatic N) is 1. The van der Waals surface area contributed by atoms with Crippen molar-refractivity contribution in [2.75, 3.05) is 23.7 Å². The van der Waals surface area contributed by atoms with Gasteiger partial charge in [-0.05, 0) is 62.1 Å². The van der Waals surface area contributed by atoms with Crippen molar-refractivity contribution in [3.8, 4) is 5.75 Å². The van der Waals surface area contributed by atoms with Gasteiger partial charge in [-0.3, -0.25) is 9.10 Å². The first kappa shape index (κ1) is 22.7. The second-order valence-corrected chi connectivity index (χ2v) is 9.02. The van der Waals surface area contributed by atoms with Crippen LogP contribution in [0.3, 0.4) is 0 Å². The zero-order chi connectivity index (χ0) is 21.6. The van der Waals surface area contributed by atoms with Crippen LogP contribution in [0.4, 0.5) is 5.69 Å². The molecule has 158 valence electrons. The highest BCUT2D eigenvalue weighted by atomic mass is 32.2. The number of amides is 1. The summed E-state index contributed by atoms with van der Waals surface area (Å²) < 4.78 is 31.7. The third-order valence-electron chi connectivity index (χ3n) is 4.69. The number of hydrogen-bond donors (Lipinski definition) is 1. The molecule has 2 rings (SSSR count). The molecule has 2 aromatic rings. The largest absolute Gasteiger partial charge is 0.492 e. The Morgan fingerprint density at radius 1 is 1.14 bits per heavy atom. The number of aryl methyl sites for hydroxylation is 3.